The predicted octanol–water partition coefficient (Wildman–Crippen LogP) is 3.91. The average molecular weight is 330 g/mol. The Morgan fingerprint density at radius 3 is 2.61 bits per heavy atom. The van der Waals surface area contributed by atoms with Crippen molar-refractivity contribution in [2.75, 3.05) is 19.5 Å². The van der Waals surface area contributed by atoms with Crippen molar-refractivity contribution in [2.24, 2.45) is 0 Å². The van der Waals surface area contributed by atoms with Gasteiger partial charge in [0.25, 0.3) is 0 Å². The van der Waals surface area contributed by atoms with Gasteiger partial charge in [-0.15, -0.1) is 0 Å². The highest BCUT2D eigenvalue weighted by molar-refractivity contribution is 6.31. The third kappa shape index (κ3) is 3.29. The second-order valence-corrected chi connectivity index (χ2v) is 5.36. The van der Waals surface area contributed by atoms with Gasteiger partial charge in [-0.25, -0.2) is 9.97 Å². The number of aromatic nitrogens is 2. The van der Waals surface area contributed by atoms with Gasteiger partial charge >= 0.3 is 0 Å². The second-order valence-electron chi connectivity index (χ2n) is 4.93. The molecule has 0 saturated heterocycles. The minimum atomic E-state index is 0.596. The Bertz CT molecular complexity index is 839. The molecule has 0 spiro atoms. The summed E-state index contributed by atoms with van der Waals surface area (Å²) in [7, 11) is 3.24. The van der Waals surface area contributed by atoms with Gasteiger partial charge in [0, 0.05) is 17.0 Å². The van der Waals surface area contributed by atoms with Crippen LogP contribution in [0.1, 0.15) is 5.56 Å². The van der Waals surface area contributed by atoms with E-state index in [1.807, 2.05) is 36.4 Å². The van der Waals surface area contributed by atoms with Crippen LogP contribution in [0.4, 0.5) is 5.82 Å². The maximum Gasteiger partial charge on any atom is 0.161 e. The number of hydrogen-bond acceptors (Lipinski definition) is 5. The summed E-state index contributed by atoms with van der Waals surface area (Å²) in [6, 6.07) is 11.3. The largest absolute Gasteiger partial charge is 0.493 e. The summed E-state index contributed by atoms with van der Waals surface area (Å²) in [5.41, 5.74) is 1.90. The summed E-state index contributed by atoms with van der Waals surface area (Å²) in [6.45, 7) is 0.596. The number of nitrogens with zero attached hydrogens (tertiary/aromatic N) is 2. The Morgan fingerprint density at radius 2 is 1.83 bits per heavy atom. The van der Waals surface area contributed by atoms with Crippen LogP contribution in [0.2, 0.25) is 5.02 Å². The van der Waals surface area contributed by atoms with Crippen LogP contribution >= 0.6 is 11.6 Å². The molecule has 0 aliphatic heterocycles. The zero-order valence-corrected chi connectivity index (χ0v) is 13.6. The van der Waals surface area contributed by atoms with Crippen LogP contribution in [0.25, 0.3) is 10.9 Å². The Kier molecular flexibility index (Phi) is 4.48. The van der Waals surface area contributed by atoms with Gasteiger partial charge in [-0.3, -0.25) is 0 Å². The molecule has 0 fully saturated rings. The Balaban J connectivity index is 1.85. The van der Waals surface area contributed by atoms with Crippen LogP contribution in [0, 0.1) is 0 Å². The number of methoxy groups -OCH3 is 2. The van der Waals surface area contributed by atoms with Crippen LogP contribution in [0.15, 0.2) is 42.7 Å². The highest BCUT2D eigenvalue weighted by Crippen LogP contribution is 2.28. The van der Waals surface area contributed by atoms with Crippen molar-refractivity contribution in [1.82, 2.24) is 9.97 Å². The number of halogens is 1. The monoisotopic (exact) mass is 329 g/mol. The van der Waals surface area contributed by atoms with E-state index in [1.54, 1.807) is 14.2 Å². The molecule has 0 aliphatic carbocycles. The summed E-state index contributed by atoms with van der Waals surface area (Å²) in [5, 5.41) is 4.86. The van der Waals surface area contributed by atoms with Gasteiger partial charge in [0.1, 0.15) is 12.1 Å². The van der Waals surface area contributed by atoms with Crippen molar-refractivity contribution in [3.8, 4) is 11.5 Å². The van der Waals surface area contributed by atoms with E-state index >= 15 is 0 Å². The van der Waals surface area contributed by atoms with Crippen molar-refractivity contribution in [2.45, 2.75) is 6.54 Å². The average Bonchev–Trinajstić information content (AvgIpc) is 2.59. The molecule has 0 bridgehead atoms. The minimum Gasteiger partial charge on any atom is -0.493 e. The highest BCUT2D eigenvalue weighted by Gasteiger charge is 2.07. The van der Waals surface area contributed by atoms with Crippen molar-refractivity contribution < 1.29 is 9.47 Å². The predicted molar refractivity (Wildman–Crippen MR) is 91.4 cm³/mol. The number of anilines is 1. The van der Waals surface area contributed by atoms with Crippen molar-refractivity contribution >= 4 is 28.3 Å². The number of nitrogens with one attached hydrogen (secondary N) is 1. The van der Waals surface area contributed by atoms with E-state index in [9.17, 15) is 0 Å². The molecule has 1 N–H and O–H groups in total. The zero-order valence-electron chi connectivity index (χ0n) is 12.8. The first kappa shape index (κ1) is 15.4. The first-order chi connectivity index (χ1) is 11.2. The van der Waals surface area contributed by atoms with Crippen LogP contribution in [-0.4, -0.2) is 24.2 Å². The van der Waals surface area contributed by atoms with E-state index in [0.29, 0.717) is 23.1 Å². The Morgan fingerprint density at radius 1 is 1.00 bits per heavy atom. The molecular weight excluding hydrogens is 314 g/mol. The standard InChI is InChI=1S/C17H16ClN3O2/c1-22-15-6-3-11(7-16(15)23-2)9-19-17-13-8-12(18)4-5-14(13)20-10-21-17/h3-8,10H,9H2,1-2H3,(H,19,20,21). The molecule has 0 saturated carbocycles. The molecule has 0 radical (unpaired) electrons. The van der Waals surface area contributed by atoms with Crippen molar-refractivity contribution in [3.05, 3.63) is 53.3 Å². The molecule has 6 heteroatoms. The molecular formula is C17H16ClN3O2. The van der Waals surface area contributed by atoms with Gasteiger partial charge < -0.3 is 14.8 Å². The molecule has 5 nitrogen and oxygen atoms in total. The van der Waals surface area contributed by atoms with Gasteiger partial charge in [-0.2, -0.15) is 0 Å². The molecule has 1 heterocycles. The molecule has 0 amide bonds. The lowest BCUT2D eigenvalue weighted by molar-refractivity contribution is 0.354. The van der Waals surface area contributed by atoms with Gasteiger partial charge in [0.2, 0.25) is 0 Å². The van der Waals surface area contributed by atoms with Gasteiger partial charge in [-0.05, 0) is 35.9 Å². The van der Waals surface area contributed by atoms with E-state index in [2.05, 4.69) is 15.3 Å². The molecule has 3 aromatic rings. The molecule has 2 aromatic carbocycles. The summed E-state index contributed by atoms with van der Waals surface area (Å²) in [4.78, 5) is 8.54. The van der Waals surface area contributed by atoms with Crippen LogP contribution in [0.3, 0.4) is 0 Å². The van der Waals surface area contributed by atoms with E-state index < -0.39 is 0 Å². The number of hydrogen-bond donors (Lipinski definition) is 1. The molecule has 0 atom stereocenters. The minimum absolute atomic E-state index is 0.596. The fourth-order valence-corrected chi connectivity index (χ4v) is 2.52. The summed E-state index contributed by atoms with van der Waals surface area (Å²) < 4.78 is 10.6. The SMILES string of the molecule is COc1ccc(CNc2ncnc3ccc(Cl)cc23)cc1OC. The molecule has 0 unspecified atom stereocenters. The van der Waals surface area contributed by atoms with E-state index in [4.69, 9.17) is 21.1 Å². The number of benzene rings is 2. The van der Waals surface area contributed by atoms with Crippen molar-refractivity contribution in [3.63, 3.8) is 0 Å². The number of ether oxygens (including phenoxy) is 2. The van der Waals surface area contributed by atoms with Crippen molar-refractivity contribution in [1.29, 1.82) is 0 Å². The lowest BCUT2D eigenvalue weighted by atomic mass is 10.2. The maximum absolute atomic E-state index is 6.07. The topological polar surface area (TPSA) is 56.3 Å². The highest BCUT2D eigenvalue weighted by atomic mass is 35.5. The molecule has 3 rings (SSSR count). The smallest absolute Gasteiger partial charge is 0.161 e. The zero-order chi connectivity index (χ0) is 16.2. The normalized spacial score (nSPS) is 10.6. The van der Waals surface area contributed by atoms with E-state index in [0.717, 1.165) is 22.3 Å². The summed E-state index contributed by atoms with van der Waals surface area (Å²) in [6.07, 6.45) is 1.53. The number of rotatable bonds is 5. The fraction of sp³-hybridized carbons (Fsp3) is 0.176. The van der Waals surface area contributed by atoms with Crippen LogP contribution in [0.5, 0.6) is 11.5 Å². The fourth-order valence-electron chi connectivity index (χ4n) is 2.35. The number of fused-ring (bicyclic) bond motifs is 1. The first-order valence-corrected chi connectivity index (χ1v) is 7.44. The van der Waals surface area contributed by atoms with Gasteiger partial charge in [-0.1, -0.05) is 17.7 Å². The van der Waals surface area contributed by atoms with Gasteiger partial charge in [0.05, 0.1) is 19.7 Å². The third-order valence-corrected chi connectivity index (χ3v) is 3.74. The molecule has 118 valence electrons. The summed E-state index contributed by atoms with van der Waals surface area (Å²) >= 11 is 6.07. The molecule has 23 heavy (non-hydrogen) atoms. The Hall–Kier alpha value is -2.53. The quantitative estimate of drug-likeness (QED) is 0.769. The first-order valence-electron chi connectivity index (χ1n) is 7.06. The Labute approximate surface area is 139 Å². The lowest BCUT2D eigenvalue weighted by Gasteiger charge is -2.11. The van der Waals surface area contributed by atoms with E-state index in [1.165, 1.54) is 6.33 Å². The van der Waals surface area contributed by atoms with Crippen LogP contribution in [-0.2, 0) is 6.54 Å². The van der Waals surface area contributed by atoms with E-state index in [-0.39, 0.29) is 0 Å². The van der Waals surface area contributed by atoms with Crippen LogP contribution < -0.4 is 14.8 Å². The molecule has 0 aliphatic rings. The lowest BCUT2D eigenvalue weighted by Crippen LogP contribution is -2.03. The maximum atomic E-state index is 6.07. The molecule has 1 aromatic heterocycles. The third-order valence-electron chi connectivity index (χ3n) is 3.51. The summed E-state index contributed by atoms with van der Waals surface area (Å²) in [5.74, 6) is 2.14. The second kappa shape index (κ2) is 6.71. The van der Waals surface area contributed by atoms with Gasteiger partial charge in [0.15, 0.2) is 11.5 Å².